The Balaban J connectivity index is 1.80. The molecule has 0 bridgehead atoms. The number of amides is 2. The average molecular weight is 428 g/mol. The van der Waals surface area contributed by atoms with E-state index in [0.29, 0.717) is 30.8 Å². The Kier molecular flexibility index (Phi) is 5.30. The van der Waals surface area contributed by atoms with Crippen molar-refractivity contribution in [1.82, 2.24) is 19.7 Å². The maximum absolute atomic E-state index is 13.1. The summed E-state index contributed by atoms with van der Waals surface area (Å²) in [6.07, 6.45) is 0.616. The summed E-state index contributed by atoms with van der Waals surface area (Å²) in [4.78, 5) is 42.6. The molecule has 164 valence electrons. The van der Waals surface area contributed by atoms with E-state index in [4.69, 9.17) is 0 Å². The van der Waals surface area contributed by atoms with E-state index in [1.165, 1.54) is 12.1 Å². The first kappa shape index (κ1) is 21.0. The van der Waals surface area contributed by atoms with Crippen molar-refractivity contribution >= 4 is 11.8 Å². The van der Waals surface area contributed by atoms with Crippen molar-refractivity contribution in [1.29, 1.82) is 0 Å². The Labute approximate surface area is 178 Å². The minimum Gasteiger partial charge on any atom is -0.503 e. The van der Waals surface area contributed by atoms with Gasteiger partial charge in [-0.05, 0) is 45.1 Å². The molecule has 2 aliphatic rings. The normalized spacial score (nSPS) is 19.6. The van der Waals surface area contributed by atoms with Crippen LogP contribution in [0.5, 0.6) is 5.75 Å². The highest BCUT2D eigenvalue weighted by atomic mass is 19.1. The molecule has 1 unspecified atom stereocenters. The Morgan fingerprint density at radius 2 is 1.94 bits per heavy atom. The number of nitrogens with one attached hydrogen (secondary N) is 1. The number of aromatic hydroxyl groups is 1. The van der Waals surface area contributed by atoms with E-state index in [0.717, 1.165) is 0 Å². The molecule has 1 aromatic carbocycles. The lowest BCUT2D eigenvalue weighted by Gasteiger charge is -2.33. The molecule has 2 atom stereocenters. The number of carbonyl (C=O) groups is 2. The SMILES string of the molecule is CCN1C[C@@H]2CC(N(C)C)c3c(C(=O)NCc4ccc(F)cc4)c(=O)c(O)c(n32)C1=O. The molecule has 9 heteroatoms. The van der Waals surface area contributed by atoms with Crippen LogP contribution < -0.4 is 10.7 Å². The van der Waals surface area contributed by atoms with Gasteiger partial charge in [-0.15, -0.1) is 0 Å². The van der Waals surface area contributed by atoms with Gasteiger partial charge < -0.3 is 24.8 Å². The minimum absolute atomic E-state index is 0.0439. The number of halogens is 1. The average Bonchev–Trinajstić information content (AvgIpc) is 3.11. The fourth-order valence-corrected chi connectivity index (χ4v) is 4.55. The molecule has 2 aromatic rings. The predicted octanol–water partition coefficient (Wildman–Crippen LogP) is 1.65. The van der Waals surface area contributed by atoms with E-state index in [2.05, 4.69) is 5.32 Å². The molecule has 0 aliphatic carbocycles. The van der Waals surface area contributed by atoms with Crippen LogP contribution in [0.3, 0.4) is 0 Å². The summed E-state index contributed by atoms with van der Waals surface area (Å²) >= 11 is 0. The van der Waals surface area contributed by atoms with Gasteiger partial charge in [-0.3, -0.25) is 14.4 Å². The van der Waals surface area contributed by atoms with Crippen LogP contribution in [0.1, 0.15) is 57.5 Å². The zero-order valence-electron chi connectivity index (χ0n) is 17.7. The van der Waals surface area contributed by atoms with E-state index in [9.17, 15) is 23.9 Å². The molecular weight excluding hydrogens is 403 g/mol. The van der Waals surface area contributed by atoms with Crippen LogP contribution in [-0.2, 0) is 6.54 Å². The van der Waals surface area contributed by atoms with Gasteiger partial charge in [-0.2, -0.15) is 0 Å². The molecule has 8 nitrogen and oxygen atoms in total. The van der Waals surface area contributed by atoms with E-state index < -0.39 is 23.0 Å². The molecule has 4 rings (SSSR count). The number of hydrogen-bond acceptors (Lipinski definition) is 5. The van der Waals surface area contributed by atoms with Crippen molar-refractivity contribution in [2.45, 2.75) is 32.0 Å². The number of benzene rings is 1. The minimum atomic E-state index is -0.850. The van der Waals surface area contributed by atoms with Gasteiger partial charge in [0, 0.05) is 19.6 Å². The number of likely N-dealkylation sites (N-methyl/N-ethyl adjacent to an activating group) is 1. The third kappa shape index (κ3) is 3.38. The lowest BCUT2D eigenvalue weighted by Crippen LogP contribution is -2.44. The maximum Gasteiger partial charge on any atom is 0.274 e. The van der Waals surface area contributed by atoms with E-state index in [-0.39, 0.29) is 35.7 Å². The second-order valence-electron chi connectivity index (χ2n) is 8.18. The topological polar surface area (TPSA) is 94.9 Å². The summed E-state index contributed by atoms with van der Waals surface area (Å²) in [7, 11) is 3.71. The second kappa shape index (κ2) is 7.81. The van der Waals surface area contributed by atoms with Crippen molar-refractivity contribution in [2.24, 2.45) is 0 Å². The predicted molar refractivity (Wildman–Crippen MR) is 112 cm³/mol. The van der Waals surface area contributed by atoms with Crippen LogP contribution in [0.4, 0.5) is 4.39 Å². The van der Waals surface area contributed by atoms with Crippen molar-refractivity contribution in [3.63, 3.8) is 0 Å². The largest absolute Gasteiger partial charge is 0.503 e. The Bertz CT molecular complexity index is 1110. The van der Waals surface area contributed by atoms with E-state index >= 15 is 0 Å². The van der Waals surface area contributed by atoms with Gasteiger partial charge in [0.05, 0.1) is 17.8 Å². The molecular formula is C22H25FN4O4. The Hall–Kier alpha value is -3.20. The van der Waals surface area contributed by atoms with Crippen LogP contribution in [-0.4, -0.2) is 58.5 Å². The molecule has 0 radical (unpaired) electrons. The van der Waals surface area contributed by atoms with E-state index in [1.54, 1.807) is 21.6 Å². The fraction of sp³-hybridized carbons (Fsp3) is 0.409. The van der Waals surface area contributed by atoms with Gasteiger partial charge in [0.15, 0.2) is 11.4 Å². The Morgan fingerprint density at radius 1 is 1.26 bits per heavy atom. The smallest absolute Gasteiger partial charge is 0.274 e. The fourth-order valence-electron chi connectivity index (χ4n) is 4.55. The number of aromatic nitrogens is 1. The van der Waals surface area contributed by atoms with Gasteiger partial charge in [0.2, 0.25) is 5.43 Å². The van der Waals surface area contributed by atoms with Crippen molar-refractivity contribution in [2.75, 3.05) is 27.2 Å². The monoisotopic (exact) mass is 428 g/mol. The summed E-state index contributed by atoms with van der Waals surface area (Å²) in [5.74, 6) is -2.12. The molecule has 0 spiro atoms. The molecule has 3 heterocycles. The third-order valence-corrected chi connectivity index (χ3v) is 6.12. The number of rotatable bonds is 5. The highest BCUT2D eigenvalue weighted by Crippen LogP contribution is 2.43. The van der Waals surface area contributed by atoms with Gasteiger partial charge in [-0.1, -0.05) is 12.1 Å². The first-order chi connectivity index (χ1) is 14.7. The van der Waals surface area contributed by atoms with Crippen LogP contribution in [0.25, 0.3) is 0 Å². The molecule has 1 aromatic heterocycles. The van der Waals surface area contributed by atoms with Crippen LogP contribution >= 0.6 is 0 Å². The molecule has 31 heavy (non-hydrogen) atoms. The molecule has 0 saturated heterocycles. The lowest BCUT2D eigenvalue weighted by atomic mass is 10.0. The standard InChI is InChI=1S/C22H25FN4O4/c1-4-26-11-14-9-15(25(2)3)17-16(19(28)20(29)18(22(26)31)27(14)17)21(30)24-10-12-5-7-13(23)8-6-12/h5-8,14-15,29H,4,9-11H2,1-3H3,(H,24,30)/t14-,15?/m0/s1. The van der Waals surface area contributed by atoms with Crippen molar-refractivity contribution < 1.29 is 19.1 Å². The number of hydrogen-bond donors (Lipinski definition) is 2. The van der Waals surface area contributed by atoms with E-state index in [1.807, 2.05) is 25.9 Å². The summed E-state index contributed by atoms with van der Waals surface area (Å²) in [6.45, 7) is 2.86. The molecule has 2 amide bonds. The quantitative estimate of drug-likeness (QED) is 0.755. The van der Waals surface area contributed by atoms with Gasteiger partial charge >= 0.3 is 0 Å². The van der Waals surface area contributed by atoms with Crippen molar-refractivity contribution in [3.05, 3.63) is 62.8 Å². The third-order valence-electron chi connectivity index (χ3n) is 6.12. The maximum atomic E-state index is 13.1. The first-order valence-electron chi connectivity index (χ1n) is 10.2. The zero-order valence-corrected chi connectivity index (χ0v) is 17.7. The van der Waals surface area contributed by atoms with Crippen LogP contribution in [0.15, 0.2) is 29.1 Å². The van der Waals surface area contributed by atoms with Gasteiger partial charge in [0.25, 0.3) is 11.8 Å². The van der Waals surface area contributed by atoms with Crippen LogP contribution in [0, 0.1) is 5.82 Å². The summed E-state index contributed by atoms with van der Waals surface area (Å²) in [5.41, 5.74) is 0.0780. The molecule has 0 saturated carbocycles. The number of carbonyl (C=O) groups excluding carboxylic acids is 2. The Morgan fingerprint density at radius 3 is 2.55 bits per heavy atom. The second-order valence-corrected chi connectivity index (χ2v) is 8.18. The van der Waals surface area contributed by atoms with Crippen LogP contribution in [0.2, 0.25) is 0 Å². The van der Waals surface area contributed by atoms with Gasteiger partial charge in [0.1, 0.15) is 11.4 Å². The summed E-state index contributed by atoms with van der Waals surface area (Å²) < 4.78 is 14.8. The summed E-state index contributed by atoms with van der Waals surface area (Å²) in [6, 6.07) is 5.28. The lowest BCUT2D eigenvalue weighted by molar-refractivity contribution is 0.0673. The van der Waals surface area contributed by atoms with Gasteiger partial charge in [-0.25, -0.2) is 4.39 Å². The zero-order chi connectivity index (χ0) is 22.4. The number of pyridine rings is 1. The number of nitrogens with zero attached hydrogens (tertiary/aromatic N) is 3. The van der Waals surface area contributed by atoms with Crippen molar-refractivity contribution in [3.8, 4) is 5.75 Å². The molecule has 2 N–H and O–H groups in total. The first-order valence-corrected chi connectivity index (χ1v) is 10.2. The molecule has 0 fully saturated rings. The highest BCUT2D eigenvalue weighted by Gasteiger charge is 2.45. The molecule has 2 aliphatic heterocycles. The summed E-state index contributed by atoms with van der Waals surface area (Å²) in [5, 5.41) is 13.3. The highest BCUT2D eigenvalue weighted by molar-refractivity contribution is 6.00.